The Kier molecular flexibility index (Phi) is 8.93. The predicted octanol–water partition coefficient (Wildman–Crippen LogP) is 2.03. The van der Waals surface area contributed by atoms with Gasteiger partial charge in [-0.05, 0) is 13.3 Å². The van der Waals surface area contributed by atoms with Gasteiger partial charge in [0.1, 0.15) is 0 Å². The van der Waals surface area contributed by atoms with Gasteiger partial charge in [-0.15, -0.1) is 0 Å². The van der Waals surface area contributed by atoms with E-state index < -0.39 is 0 Å². The normalized spacial score (nSPS) is 12.7. The summed E-state index contributed by atoms with van der Waals surface area (Å²) >= 11 is 0. The molecule has 0 amide bonds. The van der Waals surface area contributed by atoms with E-state index in [1.807, 2.05) is 6.20 Å². The minimum absolute atomic E-state index is 0.552. The van der Waals surface area contributed by atoms with Crippen molar-refractivity contribution in [2.45, 2.75) is 20.3 Å². The number of methoxy groups -OCH3 is 1. The van der Waals surface area contributed by atoms with Gasteiger partial charge in [-0.3, -0.25) is 4.99 Å². The van der Waals surface area contributed by atoms with Crippen molar-refractivity contribution in [2.75, 3.05) is 26.9 Å². The highest BCUT2D eigenvalue weighted by Gasteiger charge is 1.83. The highest BCUT2D eigenvalue weighted by atomic mass is 16.5. The van der Waals surface area contributed by atoms with Gasteiger partial charge in [0.25, 0.3) is 0 Å². The summed E-state index contributed by atoms with van der Waals surface area (Å²) in [5.74, 6) is 0. The van der Waals surface area contributed by atoms with Gasteiger partial charge in [0.2, 0.25) is 0 Å². The average Bonchev–Trinajstić information content (AvgIpc) is 2.16. The third-order valence-corrected chi connectivity index (χ3v) is 1.58. The molecular weight excluding hydrogens is 166 g/mol. The Labute approximate surface area is 80.5 Å². The molecule has 0 saturated heterocycles. The fourth-order valence-electron chi connectivity index (χ4n) is 0.593. The lowest BCUT2D eigenvalue weighted by atomic mass is 10.3. The van der Waals surface area contributed by atoms with Gasteiger partial charge in [-0.2, -0.15) is 0 Å². The van der Waals surface area contributed by atoms with Gasteiger partial charge < -0.3 is 9.47 Å². The first-order valence-electron chi connectivity index (χ1n) is 4.55. The largest absolute Gasteiger partial charge is 0.382 e. The lowest BCUT2D eigenvalue weighted by Crippen LogP contribution is -2.03. The molecule has 0 fully saturated rings. The molecule has 0 unspecified atom stereocenters. The Morgan fingerprint density at radius 3 is 2.77 bits per heavy atom. The highest BCUT2D eigenvalue weighted by molar-refractivity contribution is 5.59. The van der Waals surface area contributed by atoms with Crippen LogP contribution in [0.15, 0.2) is 16.8 Å². The third kappa shape index (κ3) is 9.24. The fourth-order valence-corrected chi connectivity index (χ4v) is 0.593. The summed E-state index contributed by atoms with van der Waals surface area (Å²) in [6.45, 7) is 5.98. The van der Waals surface area contributed by atoms with Crippen LogP contribution in [-0.2, 0) is 9.47 Å². The van der Waals surface area contributed by atoms with Crippen LogP contribution in [0.1, 0.15) is 20.3 Å². The first-order chi connectivity index (χ1) is 6.31. The van der Waals surface area contributed by atoms with Crippen molar-refractivity contribution >= 4 is 6.21 Å². The molecule has 0 aromatic rings. The van der Waals surface area contributed by atoms with E-state index in [0.29, 0.717) is 19.8 Å². The summed E-state index contributed by atoms with van der Waals surface area (Å²) in [5, 5.41) is 0. The van der Waals surface area contributed by atoms with Gasteiger partial charge >= 0.3 is 0 Å². The molecular formula is C10H19NO2. The Bertz CT molecular complexity index is 164. The summed E-state index contributed by atoms with van der Waals surface area (Å²) in [5.41, 5.74) is 1.27. The minimum Gasteiger partial charge on any atom is -0.382 e. The zero-order chi connectivity index (χ0) is 9.94. The minimum atomic E-state index is 0.552. The maximum absolute atomic E-state index is 5.19. The Morgan fingerprint density at radius 2 is 2.15 bits per heavy atom. The zero-order valence-corrected chi connectivity index (χ0v) is 8.75. The van der Waals surface area contributed by atoms with Crippen LogP contribution < -0.4 is 0 Å². The van der Waals surface area contributed by atoms with Crippen LogP contribution in [0.4, 0.5) is 0 Å². The van der Waals surface area contributed by atoms with E-state index in [0.717, 1.165) is 6.42 Å². The van der Waals surface area contributed by atoms with Crippen LogP contribution >= 0.6 is 0 Å². The van der Waals surface area contributed by atoms with Crippen LogP contribution in [0.3, 0.4) is 0 Å². The molecule has 0 atom stereocenters. The number of hydrogen-bond acceptors (Lipinski definition) is 3. The number of rotatable bonds is 7. The number of nitrogens with zero attached hydrogens (tertiary/aromatic N) is 1. The number of aliphatic imine (C=N–C) groups is 1. The summed E-state index contributed by atoms with van der Waals surface area (Å²) in [7, 11) is 1.66. The maximum Gasteiger partial charge on any atom is 0.0819 e. The predicted molar refractivity (Wildman–Crippen MR) is 55.2 cm³/mol. The maximum atomic E-state index is 5.19. The van der Waals surface area contributed by atoms with Gasteiger partial charge in [0.15, 0.2) is 0 Å². The summed E-state index contributed by atoms with van der Waals surface area (Å²) in [4.78, 5) is 4.09. The van der Waals surface area contributed by atoms with E-state index in [1.165, 1.54) is 5.57 Å². The van der Waals surface area contributed by atoms with Crippen molar-refractivity contribution in [2.24, 2.45) is 4.99 Å². The molecule has 0 rings (SSSR count). The molecule has 3 heteroatoms. The van der Waals surface area contributed by atoms with Crippen molar-refractivity contribution in [1.29, 1.82) is 0 Å². The van der Waals surface area contributed by atoms with E-state index in [1.54, 1.807) is 13.3 Å². The average molecular weight is 185 g/mol. The molecule has 0 aromatic carbocycles. The van der Waals surface area contributed by atoms with Gasteiger partial charge in [0, 0.05) is 19.5 Å². The SMILES string of the molecule is CC/C(C)=C/N=CCOCCOC. The second-order valence-electron chi connectivity index (χ2n) is 2.73. The Morgan fingerprint density at radius 1 is 1.38 bits per heavy atom. The molecule has 0 spiro atoms. The van der Waals surface area contributed by atoms with Crippen LogP contribution in [0.25, 0.3) is 0 Å². The van der Waals surface area contributed by atoms with Gasteiger partial charge in [0.05, 0.1) is 19.8 Å². The molecule has 0 aliphatic rings. The summed E-state index contributed by atoms with van der Waals surface area (Å²) in [6, 6.07) is 0. The number of allylic oxidation sites excluding steroid dienone is 1. The monoisotopic (exact) mass is 185 g/mol. The molecule has 0 aliphatic heterocycles. The molecule has 0 aromatic heterocycles. The summed E-state index contributed by atoms with van der Waals surface area (Å²) < 4.78 is 10.0. The van der Waals surface area contributed by atoms with E-state index in [2.05, 4.69) is 18.8 Å². The Hall–Kier alpha value is -0.670. The first kappa shape index (κ1) is 12.3. The number of hydrogen-bond donors (Lipinski definition) is 0. The summed E-state index contributed by atoms with van der Waals surface area (Å²) in [6.07, 6.45) is 4.66. The smallest absolute Gasteiger partial charge is 0.0819 e. The van der Waals surface area contributed by atoms with Crippen LogP contribution in [-0.4, -0.2) is 33.1 Å². The second kappa shape index (κ2) is 9.42. The molecule has 0 saturated carbocycles. The fraction of sp³-hybridized carbons (Fsp3) is 0.700. The van der Waals surface area contributed by atoms with E-state index in [-0.39, 0.29) is 0 Å². The molecule has 0 N–H and O–H groups in total. The molecule has 13 heavy (non-hydrogen) atoms. The molecule has 0 heterocycles. The van der Waals surface area contributed by atoms with Crippen molar-refractivity contribution in [1.82, 2.24) is 0 Å². The second-order valence-corrected chi connectivity index (χ2v) is 2.73. The topological polar surface area (TPSA) is 30.8 Å². The molecule has 0 aliphatic carbocycles. The van der Waals surface area contributed by atoms with E-state index in [4.69, 9.17) is 9.47 Å². The standard InChI is InChI=1S/C10H19NO2/c1-4-10(2)9-11-5-6-13-8-7-12-3/h5,9H,4,6-8H2,1-3H3/b10-9+,11-5?. The first-order valence-corrected chi connectivity index (χ1v) is 4.55. The van der Waals surface area contributed by atoms with Crippen molar-refractivity contribution in [3.63, 3.8) is 0 Å². The number of ether oxygens (including phenoxy) is 2. The highest BCUT2D eigenvalue weighted by Crippen LogP contribution is 1.96. The Balaban J connectivity index is 3.31. The van der Waals surface area contributed by atoms with Crippen LogP contribution in [0.5, 0.6) is 0 Å². The zero-order valence-electron chi connectivity index (χ0n) is 8.75. The molecule has 0 bridgehead atoms. The molecule has 0 radical (unpaired) electrons. The van der Waals surface area contributed by atoms with Crippen molar-refractivity contribution in [3.8, 4) is 0 Å². The lowest BCUT2D eigenvalue weighted by molar-refractivity contribution is 0.0912. The third-order valence-electron chi connectivity index (χ3n) is 1.58. The van der Waals surface area contributed by atoms with Crippen molar-refractivity contribution in [3.05, 3.63) is 11.8 Å². The molecule has 3 nitrogen and oxygen atoms in total. The lowest BCUT2D eigenvalue weighted by Gasteiger charge is -1.97. The van der Waals surface area contributed by atoms with E-state index in [9.17, 15) is 0 Å². The van der Waals surface area contributed by atoms with Crippen molar-refractivity contribution < 1.29 is 9.47 Å². The van der Waals surface area contributed by atoms with Gasteiger partial charge in [-0.1, -0.05) is 12.5 Å². The molecule has 76 valence electrons. The van der Waals surface area contributed by atoms with E-state index >= 15 is 0 Å². The quantitative estimate of drug-likeness (QED) is 0.449. The van der Waals surface area contributed by atoms with Crippen LogP contribution in [0, 0.1) is 0 Å². The van der Waals surface area contributed by atoms with Crippen LogP contribution in [0.2, 0.25) is 0 Å². The van der Waals surface area contributed by atoms with Gasteiger partial charge in [-0.25, -0.2) is 0 Å².